The number of benzene rings is 4. The van der Waals surface area contributed by atoms with E-state index in [0.717, 1.165) is 6.42 Å². The smallest absolute Gasteiger partial charge is 0.0470 e. The summed E-state index contributed by atoms with van der Waals surface area (Å²) in [7, 11) is 0. The van der Waals surface area contributed by atoms with Crippen molar-refractivity contribution in [3.05, 3.63) is 150 Å². The molecule has 0 nitrogen and oxygen atoms in total. The molecule has 1 aliphatic carbocycles. The Labute approximate surface area is 185 Å². The summed E-state index contributed by atoms with van der Waals surface area (Å²) in [5.41, 5.74) is 8.49. The van der Waals surface area contributed by atoms with Crippen molar-refractivity contribution in [3.8, 4) is 0 Å². The topological polar surface area (TPSA) is 0 Å². The second-order valence-electron chi connectivity index (χ2n) is 7.97. The lowest BCUT2D eigenvalue weighted by Crippen LogP contribution is -2.23. The van der Waals surface area contributed by atoms with Gasteiger partial charge in [0.2, 0.25) is 0 Å². The third-order valence-corrected chi connectivity index (χ3v) is 6.25. The second kappa shape index (κ2) is 8.24. The van der Waals surface area contributed by atoms with Crippen LogP contribution in [0.5, 0.6) is 0 Å². The zero-order chi connectivity index (χ0) is 21.1. The van der Waals surface area contributed by atoms with Gasteiger partial charge in [0.05, 0.1) is 0 Å². The molecule has 4 aromatic carbocycles. The first-order chi connectivity index (χ1) is 15.3. The first kappa shape index (κ1) is 19.3. The number of rotatable bonds is 5. The molecule has 5 rings (SSSR count). The van der Waals surface area contributed by atoms with Crippen LogP contribution in [0.2, 0.25) is 0 Å². The average Bonchev–Trinajstić information content (AvgIpc) is 3.23. The van der Waals surface area contributed by atoms with E-state index in [1.807, 2.05) is 0 Å². The molecular formula is C31H25. The molecule has 149 valence electrons. The molecule has 0 N–H and O–H groups in total. The minimum atomic E-state index is -0.307. The zero-order valence-corrected chi connectivity index (χ0v) is 17.8. The Bertz CT molecular complexity index is 1220. The largest absolute Gasteiger partial charge is 0.0639 e. The molecule has 1 aliphatic rings. The average molecular weight is 398 g/mol. The second-order valence-corrected chi connectivity index (χ2v) is 7.97. The molecule has 1 radical (unpaired) electrons. The Hall–Kier alpha value is -3.64. The van der Waals surface area contributed by atoms with Gasteiger partial charge in [0.25, 0.3) is 0 Å². The molecule has 4 aromatic rings. The summed E-state index contributed by atoms with van der Waals surface area (Å²) in [6.07, 6.45) is 4.96. The molecule has 0 heteroatoms. The third kappa shape index (κ3) is 3.35. The standard InChI is InChI=1S/C31H25/c1-2-31(27-21-13-6-14-22-27)23-28(24-15-7-3-8-16-24)29(25-17-9-4-10-18-25)30(31)26-19-11-5-12-20-26/h3-22H,2H2,1H3. The monoisotopic (exact) mass is 397 g/mol. The summed E-state index contributed by atoms with van der Waals surface area (Å²) >= 11 is 0. The fourth-order valence-corrected chi connectivity index (χ4v) is 4.80. The van der Waals surface area contributed by atoms with Crippen molar-refractivity contribution in [1.29, 1.82) is 0 Å². The molecule has 0 spiro atoms. The summed E-state index contributed by atoms with van der Waals surface area (Å²) in [5, 5.41) is 0. The van der Waals surface area contributed by atoms with Gasteiger partial charge in [-0.3, -0.25) is 0 Å². The minimum absolute atomic E-state index is 0.307. The minimum Gasteiger partial charge on any atom is -0.0639 e. The molecule has 0 amide bonds. The van der Waals surface area contributed by atoms with Gasteiger partial charge in [0.1, 0.15) is 0 Å². The Morgan fingerprint density at radius 2 is 1.00 bits per heavy atom. The molecule has 0 bridgehead atoms. The van der Waals surface area contributed by atoms with Crippen molar-refractivity contribution in [3.63, 3.8) is 0 Å². The van der Waals surface area contributed by atoms with Crippen molar-refractivity contribution >= 4 is 16.7 Å². The Balaban J connectivity index is 1.90. The number of hydrogen-bond donors (Lipinski definition) is 0. The van der Waals surface area contributed by atoms with E-state index >= 15 is 0 Å². The van der Waals surface area contributed by atoms with Crippen molar-refractivity contribution in [2.24, 2.45) is 0 Å². The van der Waals surface area contributed by atoms with Crippen LogP contribution < -0.4 is 0 Å². The first-order valence-electron chi connectivity index (χ1n) is 11.0. The van der Waals surface area contributed by atoms with Crippen LogP contribution in [-0.4, -0.2) is 0 Å². The molecule has 0 fully saturated rings. The maximum absolute atomic E-state index is 4.03. The molecule has 0 heterocycles. The Morgan fingerprint density at radius 3 is 1.52 bits per heavy atom. The number of hydrogen-bond acceptors (Lipinski definition) is 0. The molecule has 31 heavy (non-hydrogen) atoms. The predicted octanol–water partition coefficient (Wildman–Crippen LogP) is 7.85. The highest BCUT2D eigenvalue weighted by molar-refractivity contribution is 6.20. The van der Waals surface area contributed by atoms with E-state index in [4.69, 9.17) is 0 Å². The highest BCUT2D eigenvalue weighted by Gasteiger charge is 2.42. The van der Waals surface area contributed by atoms with E-state index in [9.17, 15) is 0 Å². The van der Waals surface area contributed by atoms with Crippen LogP contribution in [0.4, 0.5) is 0 Å². The fourth-order valence-electron chi connectivity index (χ4n) is 4.80. The summed E-state index contributed by atoms with van der Waals surface area (Å²) in [6, 6.07) is 43.2. The van der Waals surface area contributed by atoms with Crippen LogP contribution in [0.3, 0.4) is 0 Å². The highest BCUT2D eigenvalue weighted by atomic mass is 14.4. The maximum Gasteiger partial charge on any atom is 0.0470 e. The van der Waals surface area contributed by atoms with Gasteiger partial charge in [-0.2, -0.15) is 0 Å². The zero-order valence-electron chi connectivity index (χ0n) is 17.8. The van der Waals surface area contributed by atoms with E-state index in [0.29, 0.717) is 0 Å². The lowest BCUT2D eigenvalue weighted by atomic mass is 9.71. The van der Waals surface area contributed by atoms with Gasteiger partial charge < -0.3 is 0 Å². The first-order valence-corrected chi connectivity index (χ1v) is 11.0. The SMILES string of the molecule is CCC1(c2ccccc2)[C]=C(c2ccccc2)C(c2ccccc2)=C1c1ccccc1. The van der Waals surface area contributed by atoms with Crippen molar-refractivity contribution in [2.45, 2.75) is 18.8 Å². The van der Waals surface area contributed by atoms with E-state index in [2.05, 4.69) is 134 Å². The van der Waals surface area contributed by atoms with Gasteiger partial charge in [0, 0.05) is 5.41 Å². The molecule has 0 aliphatic heterocycles. The maximum atomic E-state index is 4.03. The fraction of sp³-hybridized carbons (Fsp3) is 0.0968. The van der Waals surface area contributed by atoms with Crippen LogP contribution >= 0.6 is 0 Å². The molecular weight excluding hydrogens is 372 g/mol. The van der Waals surface area contributed by atoms with Crippen molar-refractivity contribution in [1.82, 2.24) is 0 Å². The summed E-state index contributed by atoms with van der Waals surface area (Å²) in [6.45, 7) is 2.28. The van der Waals surface area contributed by atoms with Crippen LogP contribution in [0.25, 0.3) is 16.7 Å². The lowest BCUT2D eigenvalue weighted by molar-refractivity contribution is 0.653. The molecule has 0 saturated carbocycles. The van der Waals surface area contributed by atoms with Crippen molar-refractivity contribution < 1.29 is 0 Å². The van der Waals surface area contributed by atoms with E-state index in [1.165, 1.54) is 39.0 Å². The molecule has 1 unspecified atom stereocenters. The predicted molar refractivity (Wildman–Crippen MR) is 131 cm³/mol. The van der Waals surface area contributed by atoms with Gasteiger partial charge >= 0.3 is 0 Å². The van der Waals surface area contributed by atoms with Crippen LogP contribution in [0.1, 0.15) is 35.6 Å². The molecule has 0 aromatic heterocycles. The summed E-state index contributed by atoms with van der Waals surface area (Å²) in [4.78, 5) is 0. The van der Waals surface area contributed by atoms with Crippen molar-refractivity contribution in [2.75, 3.05) is 0 Å². The summed E-state index contributed by atoms with van der Waals surface area (Å²) in [5.74, 6) is 0. The van der Waals surface area contributed by atoms with E-state index in [1.54, 1.807) is 0 Å². The van der Waals surface area contributed by atoms with Gasteiger partial charge in [-0.05, 0) is 51.5 Å². The van der Waals surface area contributed by atoms with Gasteiger partial charge in [-0.25, -0.2) is 0 Å². The Morgan fingerprint density at radius 1 is 0.548 bits per heavy atom. The van der Waals surface area contributed by atoms with E-state index < -0.39 is 0 Å². The highest BCUT2D eigenvalue weighted by Crippen LogP contribution is 2.55. The normalized spacial score (nSPS) is 18.2. The van der Waals surface area contributed by atoms with Gasteiger partial charge in [0.15, 0.2) is 0 Å². The molecule has 0 saturated heterocycles. The summed E-state index contributed by atoms with van der Waals surface area (Å²) < 4.78 is 0. The number of allylic oxidation sites excluding steroid dienone is 4. The Kier molecular flexibility index (Phi) is 5.14. The molecule has 1 atom stereocenters. The van der Waals surface area contributed by atoms with Crippen LogP contribution in [-0.2, 0) is 5.41 Å². The quantitative estimate of drug-likeness (QED) is 0.322. The third-order valence-electron chi connectivity index (χ3n) is 6.25. The lowest BCUT2D eigenvalue weighted by Gasteiger charge is -2.31. The van der Waals surface area contributed by atoms with Crippen LogP contribution in [0, 0.1) is 6.08 Å². The van der Waals surface area contributed by atoms with E-state index in [-0.39, 0.29) is 5.41 Å². The van der Waals surface area contributed by atoms with Crippen LogP contribution in [0.15, 0.2) is 121 Å². The van der Waals surface area contributed by atoms with Gasteiger partial charge in [-0.1, -0.05) is 128 Å². The van der Waals surface area contributed by atoms with Gasteiger partial charge in [-0.15, -0.1) is 0 Å².